The summed E-state index contributed by atoms with van der Waals surface area (Å²) in [6.07, 6.45) is 3.89. The molecule has 0 radical (unpaired) electrons. The molecule has 18 heavy (non-hydrogen) atoms. The molecule has 1 aromatic heterocycles. The van der Waals surface area contributed by atoms with Gasteiger partial charge in [-0.15, -0.1) is 0 Å². The van der Waals surface area contributed by atoms with Gasteiger partial charge in [0.25, 0.3) is 0 Å². The fourth-order valence-corrected chi connectivity index (χ4v) is 2.17. The number of hydrogen-bond donors (Lipinski definition) is 0. The van der Waals surface area contributed by atoms with E-state index < -0.39 is 0 Å². The van der Waals surface area contributed by atoms with Gasteiger partial charge in [0, 0.05) is 18.8 Å². The summed E-state index contributed by atoms with van der Waals surface area (Å²) in [4.78, 5) is 6.79. The van der Waals surface area contributed by atoms with Gasteiger partial charge in [-0.2, -0.15) is 5.26 Å². The maximum Gasteiger partial charge on any atom is 0.128 e. The van der Waals surface area contributed by atoms with Crippen LogP contribution < -0.4 is 4.90 Å². The molecule has 0 aliphatic rings. The minimum absolute atomic E-state index is 0.521. The quantitative estimate of drug-likeness (QED) is 0.768. The van der Waals surface area contributed by atoms with Crippen LogP contribution >= 0.6 is 0 Å². The van der Waals surface area contributed by atoms with E-state index in [0.29, 0.717) is 17.5 Å². The first-order valence-corrected chi connectivity index (χ1v) is 6.75. The lowest BCUT2D eigenvalue weighted by Crippen LogP contribution is -2.37. The molecule has 1 aromatic rings. The molecule has 0 aromatic carbocycles. The fraction of sp³-hybridized carbons (Fsp3) is 0.600. The van der Waals surface area contributed by atoms with Crippen LogP contribution in [0.1, 0.15) is 46.1 Å². The smallest absolute Gasteiger partial charge is 0.128 e. The van der Waals surface area contributed by atoms with E-state index in [1.54, 1.807) is 6.20 Å². The normalized spacial score (nSPS) is 10.7. The summed E-state index contributed by atoms with van der Waals surface area (Å²) in [6, 6.07) is 6.43. The van der Waals surface area contributed by atoms with Crippen LogP contribution in [0.25, 0.3) is 0 Å². The maximum absolute atomic E-state index is 8.81. The molecule has 0 saturated heterocycles. The SMILES string of the molecule is CCC(CC)N(CC(C)C)c1ccc(C#N)cn1. The van der Waals surface area contributed by atoms with E-state index in [-0.39, 0.29) is 0 Å². The molecule has 0 bridgehead atoms. The van der Waals surface area contributed by atoms with Crippen molar-refractivity contribution in [1.82, 2.24) is 4.98 Å². The lowest BCUT2D eigenvalue weighted by atomic mass is 10.1. The van der Waals surface area contributed by atoms with Crippen LogP contribution in [0.15, 0.2) is 18.3 Å². The number of nitrogens with zero attached hydrogens (tertiary/aromatic N) is 3. The standard InChI is InChI=1S/C15H23N3/c1-5-14(6-2)18(11-12(3)4)15-8-7-13(9-16)10-17-15/h7-8,10,12,14H,5-6,11H2,1-4H3. The van der Waals surface area contributed by atoms with Gasteiger partial charge in [0.05, 0.1) is 5.56 Å². The van der Waals surface area contributed by atoms with Crippen molar-refractivity contribution >= 4 is 5.82 Å². The van der Waals surface area contributed by atoms with Crippen LogP contribution in [-0.2, 0) is 0 Å². The number of anilines is 1. The first kappa shape index (κ1) is 14.5. The van der Waals surface area contributed by atoms with E-state index >= 15 is 0 Å². The Morgan fingerprint density at radius 1 is 1.28 bits per heavy atom. The molecule has 1 heterocycles. The predicted molar refractivity (Wildman–Crippen MR) is 75.5 cm³/mol. The highest BCUT2D eigenvalue weighted by Crippen LogP contribution is 2.20. The van der Waals surface area contributed by atoms with Crippen LogP contribution in [0.2, 0.25) is 0 Å². The molecule has 0 aliphatic heterocycles. The molecule has 0 unspecified atom stereocenters. The Kier molecular flexibility index (Phi) is 5.64. The average molecular weight is 245 g/mol. The second kappa shape index (κ2) is 7.00. The van der Waals surface area contributed by atoms with Crippen molar-refractivity contribution in [3.63, 3.8) is 0 Å². The molecule has 3 heteroatoms. The van der Waals surface area contributed by atoms with Gasteiger partial charge in [0.15, 0.2) is 0 Å². The van der Waals surface area contributed by atoms with Crippen LogP contribution in [0.5, 0.6) is 0 Å². The van der Waals surface area contributed by atoms with Gasteiger partial charge in [-0.05, 0) is 30.9 Å². The topological polar surface area (TPSA) is 39.9 Å². The Morgan fingerprint density at radius 3 is 2.33 bits per heavy atom. The molecule has 0 atom stereocenters. The Labute approximate surface area is 110 Å². The minimum Gasteiger partial charge on any atom is -0.353 e. The third kappa shape index (κ3) is 3.73. The minimum atomic E-state index is 0.521. The van der Waals surface area contributed by atoms with E-state index in [2.05, 4.69) is 43.6 Å². The number of nitriles is 1. The first-order chi connectivity index (χ1) is 8.62. The Balaban J connectivity index is 2.97. The fourth-order valence-electron chi connectivity index (χ4n) is 2.17. The summed E-state index contributed by atoms with van der Waals surface area (Å²) in [5.41, 5.74) is 0.618. The average Bonchev–Trinajstić information content (AvgIpc) is 2.38. The van der Waals surface area contributed by atoms with Gasteiger partial charge in [0.1, 0.15) is 11.9 Å². The van der Waals surface area contributed by atoms with Gasteiger partial charge in [0.2, 0.25) is 0 Å². The van der Waals surface area contributed by atoms with Crippen molar-refractivity contribution in [2.24, 2.45) is 5.92 Å². The number of rotatable bonds is 6. The molecule has 1 rings (SSSR count). The summed E-state index contributed by atoms with van der Waals surface area (Å²) in [7, 11) is 0. The van der Waals surface area contributed by atoms with Crippen molar-refractivity contribution in [3.05, 3.63) is 23.9 Å². The Hall–Kier alpha value is -1.56. The van der Waals surface area contributed by atoms with Crippen molar-refractivity contribution in [2.45, 2.75) is 46.6 Å². The monoisotopic (exact) mass is 245 g/mol. The zero-order valence-electron chi connectivity index (χ0n) is 11.8. The largest absolute Gasteiger partial charge is 0.353 e. The maximum atomic E-state index is 8.81. The number of aromatic nitrogens is 1. The molecule has 3 nitrogen and oxygen atoms in total. The summed E-state index contributed by atoms with van der Waals surface area (Å²) >= 11 is 0. The van der Waals surface area contributed by atoms with E-state index in [9.17, 15) is 0 Å². The Morgan fingerprint density at radius 2 is 1.94 bits per heavy atom. The zero-order chi connectivity index (χ0) is 13.5. The van der Waals surface area contributed by atoms with Crippen LogP contribution in [0.4, 0.5) is 5.82 Å². The molecule has 0 spiro atoms. The summed E-state index contributed by atoms with van der Waals surface area (Å²) < 4.78 is 0. The number of pyridine rings is 1. The van der Waals surface area contributed by atoms with Gasteiger partial charge in [-0.25, -0.2) is 4.98 Å². The predicted octanol–water partition coefficient (Wildman–Crippen LogP) is 3.60. The molecule has 0 saturated carbocycles. The van der Waals surface area contributed by atoms with E-state index in [1.165, 1.54) is 0 Å². The van der Waals surface area contributed by atoms with E-state index in [4.69, 9.17) is 5.26 Å². The second-order valence-corrected chi connectivity index (χ2v) is 5.03. The first-order valence-electron chi connectivity index (χ1n) is 6.75. The van der Waals surface area contributed by atoms with Crippen molar-refractivity contribution in [2.75, 3.05) is 11.4 Å². The second-order valence-electron chi connectivity index (χ2n) is 5.03. The lowest BCUT2D eigenvalue weighted by Gasteiger charge is -2.33. The van der Waals surface area contributed by atoms with Gasteiger partial charge in [-0.3, -0.25) is 0 Å². The summed E-state index contributed by atoms with van der Waals surface area (Å²) in [5.74, 6) is 1.58. The van der Waals surface area contributed by atoms with Crippen LogP contribution in [0.3, 0.4) is 0 Å². The third-order valence-corrected chi connectivity index (χ3v) is 3.12. The molecule has 0 aliphatic carbocycles. The molecular weight excluding hydrogens is 222 g/mol. The molecule has 0 amide bonds. The number of hydrogen-bond acceptors (Lipinski definition) is 3. The van der Waals surface area contributed by atoms with Crippen LogP contribution in [-0.4, -0.2) is 17.6 Å². The van der Waals surface area contributed by atoms with E-state index in [0.717, 1.165) is 25.2 Å². The summed E-state index contributed by atoms with van der Waals surface area (Å²) in [6.45, 7) is 9.87. The highest BCUT2D eigenvalue weighted by atomic mass is 15.2. The van der Waals surface area contributed by atoms with Gasteiger partial charge in [-0.1, -0.05) is 27.7 Å². The third-order valence-electron chi connectivity index (χ3n) is 3.12. The van der Waals surface area contributed by atoms with E-state index in [1.807, 2.05) is 12.1 Å². The lowest BCUT2D eigenvalue weighted by molar-refractivity contribution is 0.503. The molecular formula is C15H23N3. The summed E-state index contributed by atoms with van der Waals surface area (Å²) in [5, 5.41) is 8.81. The van der Waals surface area contributed by atoms with Crippen LogP contribution in [0, 0.1) is 17.2 Å². The molecule has 0 N–H and O–H groups in total. The van der Waals surface area contributed by atoms with Crippen molar-refractivity contribution < 1.29 is 0 Å². The zero-order valence-corrected chi connectivity index (χ0v) is 11.8. The van der Waals surface area contributed by atoms with Crippen molar-refractivity contribution in [3.8, 4) is 6.07 Å². The molecule has 0 fully saturated rings. The Bertz CT molecular complexity index is 385. The highest BCUT2D eigenvalue weighted by Gasteiger charge is 2.17. The van der Waals surface area contributed by atoms with Crippen molar-refractivity contribution in [1.29, 1.82) is 5.26 Å². The van der Waals surface area contributed by atoms with Gasteiger partial charge < -0.3 is 4.90 Å². The highest BCUT2D eigenvalue weighted by molar-refractivity contribution is 5.43. The molecule has 98 valence electrons. The van der Waals surface area contributed by atoms with Gasteiger partial charge >= 0.3 is 0 Å².